The Kier molecular flexibility index (Phi) is 9.97. The predicted molar refractivity (Wildman–Crippen MR) is 217 cm³/mol. The third-order valence-corrected chi connectivity index (χ3v) is 28.9. The number of hydrogen-bond donors (Lipinski definition) is 0. The maximum atomic E-state index is 2.78. The van der Waals surface area contributed by atoms with E-state index in [1.54, 1.807) is 22.3 Å². The van der Waals surface area contributed by atoms with E-state index in [-0.39, 0.29) is 24.8 Å². The fourth-order valence-electron chi connectivity index (χ4n) is 9.71. The molecule has 2 aliphatic rings. The SMILES string of the molecule is CC1=Cc2c(-c3c(C)cc(C)cc3C)ccc(C)c2[CH]1[Zr]([CH3])([CH3])(=[SiH2])[CH]1C(C(C)C)=Cc2c(-c3cccc4ccccc34)cccc21.Cl.Cl. The molecule has 248 valence electrons. The van der Waals surface area contributed by atoms with E-state index in [0.29, 0.717) is 13.2 Å². The Bertz CT molecular complexity index is 2200. The summed E-state index contributed by atoms with van der Waals surface area (Å²) in [5.41, 5.74) is 20.4. The molecular weight excluding hydrogens is 719 g/mol. The first-order chi connectivity index (χ1) is 21.8. The summed E-state index contributed by atoms with van der Waals surface area (Å²) in [6.07, 6.45) is 5.20. The van der Waals surface area contributed by atoms with Crippen LogP contribution in [0.1, 0.15) is 72.5 Å². The van der Waals surface area contributed by atoms with Crippen molar-refractivity contribution in [3.05, 3.63) is 141 Å². The Morgan fingerprint density at radius 1 is 0.625 bits per heavy atom. The van der Waals surface area contributed by atoms with Crippen molar-refractivity contribution in [1.82, 2.24) is 0 Å². The van der Waals surface area contributed by atoms with Crippen LogP contribution in [0.4, 0.5) is 0 Å². The Balaban J connectivity index is 0.00000225. The first-order valence-electron chi connectivity index (χ1n) is 17.1. The molecule has 0 saturated carbocycles. The molecule has 2 unspecified atom stereocenters. The van der Waals surface area contributed by atoms with Crippen LogP contribution in [0.15, 0.2) is 96.1 Å². The van der Waals surface area contributed by atoms with Gasteiger partial charge in [0.15, 0.2) is 0 Å². The number of halogens is 2. The van der Waals surface area contributed by atoms with E-state index in [4.69, 9.17) is 0 Å². The van der Waals surface area contributed by atoms with Gasteiger partial charge >= 0.3 is 281 Å². The minimum absolute atomic E-state index is 0. The summed E-state index contributed by atoms with van der Waals surface area (Å²) in [6, 6.07) is 32.4. The van der Waals surface area contributed by atoms with Crippen molar-refractivity contribution in [3.63, 3.8) is 0 Å². The quantitative estimate of drug-likeness (QED) is 0.156. The molecule has 5 aromatic rings. The summed E-state index contributed by atoms with van der Waals surface area (Å²) in [6.45, 7) is 18.9. The van der Waals surface area contributed by atoms with Gasteiger partial charge in [0.05, 0.1) is 0 Å². The van der Waals surface area contributed by atoms with Crippen molar-refractivity contribution >= 4 is 54.6 Å². The van der Waals surface area contributed by atoms with Gasteiger partial charge in [-0.3, -0.25) is 0 Å². The van der Waals surface area contributed by atoms with E-state index in [1.807, 2.05) is 0 Å². The minimum Gasteiger partial charge on any atom is -0.147 e. The molecule has 0 spiro atoms. The first-order valence-corrected chi connectivity index (χ1v) is 30.7. The summed E-state index contributed by atoms with van der Waals surface area (Å²) < 4.78 is 6.56. The number of aryl methyl sites for hydroxylation is 4. The number of hydrogen-bond acceptors (Lipinski definition) is 0. The molecule has 0 aromatic heterocycles. The van der Waals surface area contributed by atoms with Crippen molar-refractivity contribution in [2.45, 2.75) is 65.0 Å². The topological polar surface area (TPSA) is 0 Å². The molecule has 4 heteroatoms. The van der Waals surface area contributed by atoms with Crippen LogP contribution < -0.4 is 0 Å². The summed E-state index contributed by atoms with van der Waals surface area (Å²) in [4.78, 5) is 0. The zero-order valence-corrected chi connectivity index (χ0v) is 35.5. The molecule has 0 fully saturated rings. The van der Waals surface area contributed by atoms with Crippen LogP contribution in [-0.2, 0) is 17.4 Å². The Hall–Kier alpha value is -2.48. The van der Waals surface area contributed by atoms with Crippen LogP contribution in [0.5, 0.6) is 0 Å². The molecule has 2 aliphatic carbocycles. The molecule has 0 aliphatic heterocycles. The summed E-state index contributed by atoms with van der Waals surface area (Å²) >= 11 is -3.74. The third-order valence-electron chi connectivity index (χ3n) is 11.3. The van der Waals surface area contributed by atoms with Gasteiger partial charge in [-0.2, -0.15) is 0 Å². The zero-order valence-electron chi connectivity index (χ0n) is 30.0. The second-order valence-corrected chi connectivity index (χ2v) is 46.3. The largest absolute Gasteiger partial charge is 0.147 e. The zero-order chi connectivity index (χ0) is 32.7. The number of benzene rings is 5. The number of rotatable bonds is 5. The summed E-state index contributed by atoms with van der Waals surface area (Å²) in [5, 5.41) is 2.65. The Morgan fingerprint density at radius 2 is 1.25 bits per heavy atom. The monoisotopic (exact) mass is 766 g/mol. The summed E-state index contributed by atoms with van der Waals surface area (Å²) in [5.74, 6) is 0.491. The fourth-order valence-corrected chi connectivity index (χ4v) is 30.3. The van der Waals surface area contributed by atoms with Gasteiger partial charge in [-0.05, 0) is 0 Å². The van der Waals surface area contributed by atoms with Gasteiger partial charge in [-0.25, -0.2) is 0 Å². The van der Waals surface area contributed by atoms with E-state index >= 15 is 0 Å². The molecular formula is C44H50Cl2SiZr. The van der Waals surface area contributed by atoms with E-state index in [0.717, 1.165) is 0 Å². The summed E-state index contributed by atoms with van der Waals surface area (Å²) in [7, 11) is 0. The van der Waals surface area contributed by atoms with Gasteiger partial charge in [0.25, 0.3) is 0 Å². The maximum absolute atomic E-state index is 3.74. The number of fused-ring (bicyclic) bond motifs is 3. The average Bonchev–Trinajstić information content (AvgIpc) is 3.58. The van der Waals surface area contributed by atoms with Crippen LogP contribution in [-0.4, -0.2) is 6.88 Å². The molecule has 0 radical (unpaired) electrons. The molecule has 0 saturated heterocycles. The molecule has 5 aromatic carbocycles. The van der Waals surface area contributed by atoms with E-state index in [2.05, 4.69) is 162 Å². The van der Waals surface area contributed by atoms with Gasteiger partial charge in [0.2, 0.25) is 0 Å². The van der Waals surface area contributed by atoms with E-state index < -0.39 is 17.4 Å². The van der Waals surface area contributed by atoms with E-state index in [1.165, 1.54) is 66.4 Å². The molecule has 0 nitrogen and oxygen atoms in total. The van der Waals surface area contributed by atoms with Gasteiger partial charge in [0.1, 0.15) is 0 Å². The van der Waals surface area contributed by atoms with Crippen LogP contribution >= 0.6 is 24.8 Å². The van der Waals surface area contributed by atoms with Gasteiger partial charge < -0.3 is 0 Å². The fraction of sp³-hybridized carbons (Fsp3) is 0.273. The standard InChI is InChI=1S/C22H19.C20H21.2CH3.2ClH.H2Si.Zr/c1-15(2)18-13-17-9-6-12-21(22(17)14-18)20-11-5-8-16-7-3-4-10-19(16)20;1-12-8-15(4)20(16(5)9-12)17-7-6-14(3)18-10-13(2)11-19(17)18;;;;;;/h3-15H,1-2H3;6-11H,1-5H3;2*1H3;2*1H;1H2;. The predicted octanol–water partition coefficient (Wildman–Crippen LogP) is 12.8. The number of allylic oxidation sites excluding steroid dienone is 2. The average molecular weight is 769 g/mol. The van der Waals surface area contributed by atoms with Crippen molar-refractivity contribution in [2.24, 2.45) is 5.92 Å². The second-order valence-electron chi connectivity index (χ2n) is 15.9. The van der Waals surface area contributed by atoms with Gasteiger partial charge in [-0.15, -0.1) is 24.8 Å². The smallest absolute Gasteiger partial charge is 0.147 e. The molecule has 48 heavy (non-hydrogen) atoms. The third kappa shape index (κ3) is 5.70. The second kappa shape index (κ2) is 13.0. The minimum atomic E-state index is -3.74. The van der Waals surface area contributed by atoms with Crippen molar-refractivity contribution in [2.75, 3.05) is 0 Å². The first kappa shape index (κ1) is 36.8. The normalized spacial score (nSPS) is 17.0. The van der Waals surface area contributed by atoms with Crippen LogP contribution in [0.3, 0.4) is 0 Å². The molecule has 0 bridgehead atoms. The van der Waals surface area contributed by atoms with E-state index in [9.17, 15) is 0 Å². The van der Waals surface area contributed by atoms with Crippen LogP contribution in [0, 0.1) is 33.6 Å². The van der Waals surface area contributed by atoms with Crippen molar-refractivity contribution in [3.8, 4) is 22.3 Å². The van der Waals surface area contributed by atoms with Crippen LogP contribution in [0.2, 0.25) is 9.26 Å². The molecule has 0 N–H and O–H groups in total. The van der Waals surface area contributed by atoms with Crippen molar-refractivity contribution < 1.29 is 17.4 Å². The van der Waals surface area contributed by atoms with Crippen molar-refractivity contribution in [1.29, 1.82) is 0 Å². The molecule has 7 rings (SSSR count). The Morgan fingerprint density at radius 3 is 1.94 bits per heavy atom. The van der Waals surface area contributed by atoms with Crippen LogP contribution in [0.25, 0.3) is 45.2 Å². The molecule has 0 heterocycles. The maximum Gasteiger partial charge on any atom is -0.147 e. The Labute approximate surface area is 303 Å². The van der Waals surface area contributed by atoms with Gasteiger partial charge in [0, 0.05) is 0 Å². The van der Waals surface area contributed by atoms with Gasteiger partial charge in [-0.1, -0.05) is 0 Å². The molecule has 2 atom stereocenters. The molecule has 0 amide bonds.